The quantitative estimate of drug-likeness (QED) is 0.671. The molecule has 142 valence electrons. The lowest BCUT2D eigenvalue weighted by molar-refractivity contribution is 0.0726. The first-order chi connectivity index (χ1) is 12.9. The number of rotatable bonds is 7. The summed E-state index contributed by atoms with van der Waals surface area (Å²) in [6.45, 7) is 1.91. The van der Waals surface area contributed by atoms with E-state index < -0.39 is 10.0 Å². The van der Waals surface area contributed by atoms with Gasteiger partial charge in [-0.25, -0.2) is 13.1 Å². The molecule has 7 nitrogen and oxygen atoms in total. The Morgan fingerprint density at radius 2 is 1.74 bits per heavy atom. The molecule has 0 radical (unpaired) electrons. The fourth-order valence-corrected chi connectivity index (χ4v) is 3.53. The van der Waals surface area contributed by atoms with Gasteiger partial charge in [0, 0.05) is 12.6 Å². The standard InChI is InChI=1S/C19H20N2O5S/c1-14(18-6-4-12-26-18)21(2)19(22)15-7-9-17(10-8-15)27(23,24)20-13-16-5-3-11-25-16/h3-12,14,20H,13H2,1-2H3. The molecule has 27 heavy (non-hydrogen) atoms. The first kappa shape index (κ1) is 18.9. The first-order valence-corrected chi connectivity index (χ1v) is 9.79. The van der Waals surface area contributed by atoms with Crippen LogP contribution in [0.1, 0.15) is 34.8 Å². The van der Waals surface area contributed by atoms with Gasteiger partial charge < -0.3 is 13.7 Å². The van der Waals surface area contributed by atoms with E-state index in [4.69, 9.17) is 8.83 Å². The molecule has 0 spiro atoms. The zero-order valence-electron chi connectivity index (χ0n) is 15.0. The fraction of sp³-hybridized carbons (Fsp3) is 0.211. The number of benzene rings is 1. The van der Waals surface area contributed by atoms with Crippen LogP contribution in [0.3, 0.4) is 0 Å². The van der Waals surface area contributed by atoms with E-state index in [1.807, 2.05) is 6.92 Å². The minimum absolute atomic E-state index is 0.0550. The van der Waals surface area contributed by atoms with E-state index in [-0.39, 0.29) is 23.4 Å². The van der Waals surface area contributed by atoms with Crippen LogP contribution in [0.25, 0.3) is 0 Å². The summed E-state index contributed by atoms with van der Waals surface area (Å²) in [7, 11) is -2.03. The number of hydrogen-bond acceptors (Lipinski definition) is 5. The topological polar surface area (TPSA) is 92.8 Å². The van der Waals surface area contributed by atoms with Crippen LogP contribution in [0.4, 0.5) is 0 Å². The molecule has 1 N–H and O–H groups in total. The van der Waals surface area contributed by atoms with Gasteiger partial charge in [-0.3, -0.25) is 4.79 Å². The molecule has 0 aliphatic heterocycles. The van der Waals surface area contributed by atoms with Gasteiger partial charge in [0.1, 0.15) is 11.5 Å². The normalized spacial score (nSPS) is 12.7. The Hall–Kier alpha value is -2.84. The molecule has 3 rings (SSSR count). The smallest absolute Gasteiger partial charge is 0.254 e. The summed E-state index contributed by atoms with van der Waals surface area (Å²) in [5.74, 6) is 0.956. The van der Waals surface area contributed by atoms with Crippen LogP contribution in [-0.4, -0.2) is 26.3 Å². The zero-order chi connectivity index (χ0) is 19.4. The van der Waals surface area contributed by atoms with Crippen molar-refractivity contribution in [2.75, 3.05) is 7.05 Å². The maximum absolute atomic E-state index is 12.6. The van der Waals surface area contributed by atoms with Crippen molar-refractivity contribution in [3.05, 3.63) is 78.1 Å². The molecule has 0 fully saturated rings. The Kier molecular flexibility index (Phi) is 5.48. The second-order valence-corrected chi connectivity index (χ2v) is 7.80. The Morgan fingerprint density at radius 3 is 2.33 bits per heavy atom. The molecule has 3 aromatic rings. The van der Waals surface area contributed by atoms with Gasteiger partial charge in [-0.05, 0) is 55.5 Å². The monoisotopic (exact) mass is 388 g/mol. The van der Waals surface area contributed by atoms with E-state index in [9.17, 15) is 13.2 Å². The minimum Gasteiger partial charge on any atom is -0.468 e. The van der Waals surface area contributed by atoms with Crippen LogP contribution in [0, 0.1) is 0 Å². The highest BCUT2D eigenvalue weighted by Gasteiger charge is 2.21. The summed E-state index contributed by atoms with van der Waals surface area (Å²) in [5, 5.41) is 0. The van der Waals surface area contributed by atoms with Gasteiger partial charge in [-0.2, -0.15) is 0 Å². The van der Waals surface area contributed by atoms with Gasteiger partial charge >= 0.3 is 0 Å². The van der Waals surface area contributed by atoms with E-state index in [0.29, 0.717) is 17.1 Å². The van der Waals surface area contributed by atoms with E-state index >= 15 is 0 Å². The van der Waals surface area contributed by atoms with Crippen LogP contribution in [-0.2, 0) is 16.6 Å². The summed E-state index contributed by atoms with van der Waals surface area (Å²) in [5.41, 5.74) is 0.390. The molecule has 1 atom stereocenters. The number of nitrogens with zero attached hydrogens (tertiary/aromatic N) is 1. The molecule has 2 aromatic heterocycles. The van der Waals surface area contributed by atoms with Crippen molar-refractivity contribution in [2.24, 2.45) is 0 Å². The molecular weight excluding hydrogens is 368 g/mol. The summed E-state index contributed by atoms with van der Waals surface area (Å²) >= 11 is 0. The average molecular weight is 388 g/mol. The first-order valence-electron chi connectivity index (χ1n) is 8.31. The molecule has 0 aliphatic carbocycles. The van der Waals surface area contributed by atoms with E-state index in [2.05, 4.69) is 4.72 Å². The number of sulfonamides is 1. The Labute approximate surface area is 157 Å². The lowest BCUT2D eigenvalue weighted by atomic mass is 10.1. The highest BCUT2D eigenvalue weighted by molar-refractivity contribution is 7.89. The lowest BCUT2D eigenvalue weighted by Crippen LogP contribution is -2.29. The number of nitrogens with one attached hydrogen (secondary N) is 1. The number of carbonyl (C=O) groups excluding carboxylic acids is 1. The lowest BCUT2D eigenvalue weighted by Gasteiger charge is -2.23. The highest BCUT2D eigenvalue weighted by Crippen LogP contribution is 2.21. The predicted molar refractivity (Wildman–Crippen MR) is 98.4 cm³/mol. The van der Waals surface area contributed by atoms with E-state index in [0.717, 1.165) is 0 Å². The molecule has 0 aliphatic rings. The molecule has 1 aromatic carbocycles. The second-order valence-electron chi connectivity index (χ2n) is 6.04. The fourth-order valence-electron chi connectivity index (χ4n) is 2.54. The third-order valence-electron chi connectivity index (χ3n) is 4.28. The minimum atomic E-state index is -3.70. The van der Waals surface area contributed by atoms with Crippen molar-refractivity contribution in [2.45, 2.75) is 24.4 Å². The highest BCUT2D eigenvalue weighted by atomic mass is 32.2. The van der Waals surface area contributed by atoms with Gasteiger partial charge in [-0.1, -0.05) is 0 Å². The second kappa shape index (κ2) is 7.81. The maximum Gasteiger partial charge on any atom is 0.254 e. The Balaban J connectivity index is 1.69. The van der Waals surface area contributed by atoms with Crippen molar-refractivity contribution < 1.29 is 22.0 Å². The predicted octanol–water partition coefficient (Wildman–Crippen LogP) is 3.18. The molecule has 0 saturated heterocycles. The van der Waals surface area contributed by atoms with Crippen LogP contribution in [0.2, 0.25) is 0 Å². The number of furan rings is 2. The van der Waals surface area contributed by atoms with Crippen LogP contribution in [0.5, 0.6) is 0 Å². The Bertz CT molecular complexity index is 977. The third kappa shape index (κ3) is 4.29. The van der Waals surface area contributed by atoms with Crippen molar-refractivity contribution in [3.63, 3.8) is 0 Å². The summed E-state index contributed by atoms with van der Waals surface area (Å²) < 4.78 is 37.6. The summed E-state index contributed by atoms with van der Waals surface area (Å²) in [4.78, 5) is 14.2. The molecule has 8 heteroatoms. The number of hydrogen-bond donors (Lipinski definition) is 1. The largest absolute Gasteiger partial charge is 0.468 e. The van der Waals surface area contributed by atoms with Crippen LogP contribution in [0.15, 0.2) is 74.8 Å². The van der Waals surface area contributed by atoms with E-state index in [1.54, 1.807) is 37.6 Å². The number of amides is 1. The van der Waals surface area contributed by atoms with E-state index in [1.165, 1.54) is 35.4 Å². The molecule has 1 amide bonds. The molecular formula is C19H20N2O5S. The third-order valence-corrected chi connectivity index (χ3v) is 5.70. The van der Waals surface area contributed by atoms with Gasteiger partial charge in [0.2, 0.25) is 10.0 Å². The molecule has 0 saturated carbocycles. The van der Waals surface area contributed by atoms with Crippen molar-refractivity contribution in [1.29, 1.82) is 0 Å². The van der Waals surface area contributed by atoms with Crippen molar-refractivity contribution in [3.8, 4) is 0 Å². The maximum atomic E-state index is 12.6. The van der Waals surface area contributed by atoms with Gasteiger partial charge in [0.05, 0.1) is 30.0 Å². The number of carbonyl (C=O) groups is 1. The zero-order valence-corrected chi connectivity index (χ0v) is 15.8. The van der Waals surface area contributed by atoms with Gasteiger partial charge in [0.25, 0.3) is 5.91 Å². The molecule has 1 unspecified atom stereocenters. The van der Waals surface area contributed by atoms with Crippen molar-refractivity contribution in [1.82, 2.24) is 9.62 Å². The average Bonchev–Trinajstić information content (AvgIpc) is 3.38. The van der Waals surface area contributed by atoms with Crippen molar-refractivity contribution >= 4 is 15.9 Å². The van der Waals surface area contributed by atoms with Gasteiger partial charge in [-0.15, -0.1) is 0 Å². The van der Waals surface area contributed by atoms with Gasteiger partial charge in [0.15, 0.2) is 0 Å². The summed E-state index contributed by atoms with van der Waals surface area (Å²) in [6, 6.07) is 12.5. The van der Waals surface area contributed by atoms with Crippen LogP contribution < -0.4 is 4.72 Å². The molecule has 0 bridgehead atoms. The molecule has 2 heterocycles. The Morgan fingerprint density at radius 1 is 1.07 bits per heavy atom. The van der Waals surface area contributed by atoms with Crippen LogP contribution >= 0.6 is 0 Å². The SMILES string of the molecule is CC(c1ccco1)N(C)C(=O)c1ccc(S(=O)(=O)NCc2ccco2)cc1. The summed E-state index contributed by atoms with van der Waals surface area (Å²) in [6.07, 6.45) is 3.03.